The summed E-state index contributed by atoms with van der Waals surface area (Å²) in [4.78, 5) is 24.3. The van der Waals surface area contributed by atoms with Crippen molar-refractivity contribution >= 4 is 24.0 Å². The molecule has 0 aromatic carbocycles. The molecule has 17 heavy (non-hydrogen) atoms. The highest BCUT2D eigenvalue weighted by Crippen LogP contribution is 2.18. The first-order valence-corrected chi connectivity index (χ1v) is 5.84. The van der Waals surface area contributed by atoms with Crippen LogP contribution in [0.4, 0.5) is 0 Å². The van der Waals surface area contributed by atoms with Gasteiger partial charge in [-0.15, -0.1) is 0 Å². The van der Waals surface area contributed by atoms with Crippen molar-refractivity contribution in [1.82, 2.24) is 9.47 Å². The molecule has 1 amide bonds. The van der Waals surface area contributed by atoms with Gasteiger partial charge in [-0.2, -0.15) is 0 Å². The first-order valence-electron chi connectivity index (χ1n) is 5.84. The number of carbonyl (C=O) groups is 2. The van der Waals surface area contributed by atoms with E-state index in [9.17, 15) is 9.59 Å². The van der Waals surface area contributed by atoms with Crippen LogP contribution in [0.1, 0.15) is 18.4 Å². The van der Waals surface area contributed by atoms with Gasteiger partial charge in [0.25, 0.3) is 0 Å². The Balaban J connectivity index is 2.35. The van der Waals surface area contributed by atoms with E-state index in [0.29, 0.717) is 13.0 Å². The lowest BCUT2D eigenvalue weighted by Gasteiger charge is -2.25. The maximum Gasteiger partial charge on any atom is 0.230 e. The van der Waals surface area contributed by atoms with Crippen LogP contribution in [0, 0.1) is 0 Å². The van der Waals surface area contributed by atoms with Gasteiger partial charge in [0.2, 0.25) is 5.91 Å². The Morgan fingerprint density at radius 2 is 2.29 bits per heavy atom. The number of hydrogen-bond acceptors (Lipinski definition) is 2. The Labute approximate surface area is 98.8 Å². The second-order valence-electron chi connectivity index (χ2n) is 4.55. The molecule has 3 rings (SSSR count). The van der Waals surface area contributed by atoms with Gasteiger partial charge in [-0.1, -0.05) is 6.08 Å². The summed E-state index contributed by atoms with van der Waals surface area (Å²) < 4.78 is 1.95. The number of nitrogens with zero attached hydrogens (tertiary/aromatic N) is 2. The van der Waals surface area contributed by atoms with E-state index >= 15 is 0 Å². The van der Waals surface area contributed by atoms with Crippen molar-refractivity contribution in [2.24, 2.45) is 0 Å². The standard InChI is InChI=1S/C13H14N2O2/c1-14-10-3-2-4-11-13(10)9(7-12(14)17)8-15(11)5-6-16/h4,6,8H,2-3,5,7H2,1H3. The van der Waals surface area contributed by atoms with E-state index in [2.05, 4.69) is 6.08 Å². The zero-order valence-corrected chi connectivity index (χ0v) is 9.77. The Morgan fingerprint density at radius 1 is 1.47 bits per heavy atom. The van der Waals surface area contributed by atoms with E-state index < -0.39 is 0 Å². The number of likely N-dealkylation sites (N-methyl/N-ethyl adjacent to an activating group) is 1. The highest BCUT2D eigenvalue weighted by Gasteiger charge is 2.25. The van der Waals surface area contributed by atoms with Gasteiger partial charge < -0.3 is 14.3 Å². The van der Waals surface area contributed by atoms with Crippen LogP contribution in [0.2, 0.25) is 0 Å². The lowest BCUT2D eigenvalue weighted by Crippen LogP contribution is -2.44. The molecule has 1 aromatic rings. The molecule has 1 aliphatic heterocycles. The number of carbonyl (C=O) groups excluding carboxylic acids is 2. The normalized spacial score (nSPS) is 17.8. The van der Waals surface area contributed by atoms with Crippen LogP contribution in [0.5, 0.6) is 0 Å². The molecule has 1 aliphatic carbocycles. The summed E-state index contributed by atoms with van der Waals surface area (Å²) in [6.45, 7) is 0.365. The fourth-order valence-electron chi connectivity index (χ4n) is 2.79. The van der Waals surface area contributed by atoms with Crippen molar-refractivity contribution in [1.29, 1.82) is 0 Å². The van der Waals surface area contributed by atoms with Crippen molar-refractivity contribution in [2.75, 3.05) is 7.05 Å². The number of rotatable bonds is 2. The summed E-state index contributed by atoms with van der Waals surface area (Å²) in [5, 5.41) is 2.29. The van der Waals surface area contributed by atoms with Crippen molar-refractivity contribution in [3.63, 3.8) is 0 Å². The smallest absolute Gasteiger partial charge is 0.230 e. The molecule has 0 saturated carbocycles. The average Bonchev–Trinajstić information content (AvgIpc) is 2.66. The van der Waals surface area contributed by atoms with Crippen LogP contribution in [0.15, 0.2) is 6.20 Å². The second-order valence-corrected chi connectivity index (χ2v) is 4.55. The van der Waals surface area contributed by atoms with E-state index in [1.165, 1.54) is 5.22 Å². The first kappa shape index (κ1) is 10.3. The van der Waals surface area contributed by atoms with Crippen LogP contribution in [0.3, 0.4) is 0 Å². The third-order valence-electron chi connectivity index (χ3n) is 3.60. The lowest BCUT2D eigenvalue weighted by molar-refractivity contribution is -0.126. The van der Waals surface area contributed by atoms with Crippen molar-refractivity contribution in [3.05, 3.63) is 22.3 Å². The van der Waals surface area contributed by atoms with Crippen LogP contribution in [-0.2, 0) is 22.6 Å². The van der Waals surface area contributed by atoms with E-state index in [1.54, 1.807) is 4.90 Å². The van der Waals surface area contributed by atoms with E-state index in [0.717, 1.165) is 35.7 Å². The first-order chi connectivity index (χ1) is 8.22. The third kappa shape index (κ3) is 1.37. The predicted molar refractivity (Wildman–Crippen MR) is 63.3 cm³/mol. The Kier molecular flexibility index (Phi) is 2.18. The molecular weight excluding hydrogens is 216 g/mol. The summed E-state index contributed by atoms with van der Waals surface area (Å²) in [5.74, 6) is 0.143. The quantitative estimate of drug-likeness (QED) is 0.636. The highest BCUT2D eigenvalue weighted by molar-refractivity contribution is 5.87. The number of amides is 1. The van der Waals surface area contributed by atoms with Crippen LogP contribution in [-0.4, -0.2) is 28.7 Å². The molecule has 2 aliphatic rings. The zero-order chi connectivity index (χ0) is 12.0. The van der Waals surface area contributed by atoms with E-state index in [1.807, 2.05) is 17.8 Å². The van der Waals surface area contributed by atoms with Crippen LogP contribution in [0.25, 0.3) is 11.8 Å². The summed E-state index contributed by atoms with van der Waals surface area (Å²) in [6, 6.07) is 0. The molecule has 0 N–H and O–H groups in total. The van der Waals surface area contributed by atoms with Crippen LogP contribution >= 0.6 is 0 Å². The maximum atomic E-state index is 11.8. The van der Waals surface area contributed by atoms with Gasteiger partial charge >= 0.3 is 0 Å². The van der Waals surface area contributed by atoms with E-state index in [-0.39, 0.29) is 5.91 Å². The van der Waals surface area contributed by atoms with Gasteiger partial charge in [-0.05, 0) is 18.4 Å². The maximum absolute atomic E-state index is 11.8. The number of aromatic nitrogens is 1. The van der Waals surface area contributed by atoms with Gasteiger partial charge in [0.15, 0.2) is 0 Å². The molecule has 0 saturated heterocycles. The Bertz CT molecular complexity index is 625. The number of hydrogen-bond donors (Lipinski definition) is 0. The molecule has 0 radical (unpaired) electrons. The molecular formula is C13H14N2O2. The SMILES string of the molecule is CN1C(=O)Cc2cn(CC=O)c3c2=C1CCC=3. The van der Waals surface area contributed by atoms with Crippen molar-refractivity contribution in [2.45, 2.75) is 25.8 Å². The minimum atomic E-state index is 0.143. The fourth-order valence-corrected chi connectivity index (χ4v) is 2.79. The van der Waals surface area contributed by atoms with E-state index in [4.69, 9.17) is 0 Å². The zero-order valence-electron chi connectivity index (χ0n) is 9.77. The molecule has 0 bridgehead atoms. The average molecular weight is 230 g/mol. The molecule has 4 heteroatoms. The molecule has 0 fully saturated rings. The minimum absolute atomic E-state index is 0.143. The Morgan fingerprint density at radius 3 is 3.06 bits per heavy atom. The molecule has 4 nitrogen and oxygen atoms in total. The Hall–Kier alpha value is -1.84. The highest BCUT2D eigenvalue weighted by atomic mass is 16.2. The molecule has 0 spiro atoms. The number of aldehydes is 1. The molecule has 88 valence electrons. The van der Waals surface area contributed by atoms with Gasteiger partial charge in [0.1, 0.15) is 6.29 Å². The lowest BCUT2D eigenvalue weighted by atomic mass is 10.00. The van der Waals surface area contributed by atoms with Gasteiger partial charge in [-0.25, -0.2) is 0 Å². The monoisotopic (exact) mass is 230 g/mol. The third-order valence-corrected chi connectivity index (χ3v) is 3.60. The predicted octanol–water partition coefficient (Wildman–Crippen LogP) is -0.616. The minimum Gasteiger partial charge on any atom is -0.340 e. The van der Waals surface area contributed by atoms with Gasteiger partial charge in [-0.3, -0.25) is 4.79 Å². The summed E-state index contributed by atoms with van der Waals surface area (Å²) >= 11 is 0. The van der Waals surface area contributed by atoms with Crippen molar-refractivity contribution in [3.8, 4) is 0 Å². The summed E-state index contributed by atoms with van der Waals surface area (Å²) in [6.07, 6.45) is 7.30. The van der Waals surface area contributed by atoms with Crippen LogP contribution < -0.4 is 10.6 Å². The molecule has 0 unspecified atom stereocenters. The molecule has 2 heterocycles. The molecule has 1 aromatic heterocycles. The van der Waals surface area contributed by atoms with Gasteiger partial charge in [0, 0.05) is 29.5 Å². The largest absolute Gasteiger partial charge is 0.340 e. The fraction of sp³-hybridized carbons (Fsp3) is 0.385. The topological polar surface area (TPSA) is 42.3 Å². The second kappa shape index (κ2) is 3.58. The molecule has 0 atom stereocenters. The summed E-state index contributed by atoms with van der Waals surface area (Å²) in [7, 11) is 1.84. The van der Waals surface area contributed by atoms with Crippen molar-refractivity contribution < 1.29 is 9.59 Å². The summed E-state index contributed by atoms with van der Waals surface area (Å²) in [5.41, 5.74) is 2.18. The van der Waals surface area contributed by atoms with Gasteiger partial charge in [0.05, 0.1) is 13.0 Å².